The van der Waals surface area contributed by atoms with Gasteiger partial charge in [0.15, 0.2) is 11.5 Å². The van der Waals surface area contributed by atoms with E-state index in [-0.39, 0.29) is 18.4 Å². The van der Waals surface area contributed by atoms with Gasteiger partial charge in [-0.15, -0.1) is 0 Å². The zero-order valence-corrected chi connectivity index (χ0v) is 17.2. The number of carbonyl (C=O) groups is 2. The molecule has 0 saturated heterocycles. The van der Waals surface area contributed by atoms with Crippen molar-refractivity contribution >= 4 is 17.5 Å². The van der Waals surface area contributed by atoms with Gasteiger partial charge in [-0.25, -0.2) is 0 Å². The van der Waals surface area contributed by atoms with E-state index in [0.717, 1.165) is 23.2 Å². The largest absolute Gasteiger partial charge is 0.493 e. The molecule has 0 aromatic heterocycles. The summed E-state index contributed by atoms with van der Waals surface area (Å²) in [4.78, 5) is 26.5. The number of hydrogen-bond donors (Lipinski definition) is 1. The summed E-state index contributed by atoms with van der Waals surface area (Å²) < 4.78 is 10.9. The van der Waals surface area contributed by atoms with Crippen molar-refractivity contribution in [2.75, 3.05) is 32.6 Å². The topological polar surface area (TPSA) is 67.9 Å². The van der Waals surface area contributed by atoms with E-state index in [2.05, 4.69) is 5.32 Å². The van der Waals surface area contributed by atoms with E-state index in [4.69, 9.17) is 9.47 Å². The highest BCUT2D eigenvalue weighted by molar-refractivity contribution is 6.00. The number of nitrogens with one attached hydrogen (secondary N) is 1. The van der Waals surface area contributed by atoms with Gasteiger partial charge in [0.25, 0.3) is 5.91 Å². The molecule has 0 fully saturated rings. The van der Waals surface area contributed by atoms with Gasteiger partial charge in [-0.2, -0.15) is 0 Å². The molecule has 1 N–H and O–H groups in total. The summed E-state index contributed by atoms with van der Waals surface area (Å²) in [6.45, 7) is 6.41. The average Bonchev–Trinajstić information content (AvgIpc) is 2.68. The standard InChI is InChI=1S/C22H28N2O4/c1-6-12-28-18-11-10-17(13-19(18)27-5)22(26)24(4)14-20(25)23-21-15(2)8-7-9-16(21)3/h7-11,13H,6,12,14H2,1-5H3,(H,23,25). The first kappa shape index (κ1) is 21.3. The van der Waals surface area contributed by atoms with E-state index in [1.54, 1.807) is 25.2 Å². The number of para-hydroxylation sites is 1. The first-order chi connectivity index (χ1) is 13.4. The molecule has 0 saturated carbocycles. The Morgan fingerprint density at radius 2 is 1.75 bits per heavy atom. The van der Waals surface area contributed by atoms with E-state index in [0.29, 0.717) is 23.7 Å². The normalized spacial score (nSPS) is 10.3. The van der Waals surface area contributed by atoms with E-state index in [1.807, 2.05) is 39.0 Å². The molecule has 2 aromatic carbocycles. The molecule has 0 unspecified atom stereocenters. The maximum absolute atomic E-state index is 12.7. The minimum Gasteiger partial charge on any atom is -0.493 e. The summed E-state index contributed by atoms with van der Waals surface area (Å²) in [5.74, 6) is 0.573. The highest BCUT2D eigenvalue weighted by Gasteiger charge is 2.18. The predicted molar refractivity (Wildman–Crippen MR) is 110 cm³/mol. The van der Waals surface area contributed by atoms with Crippen molar-refractivity contribution in [2.45, 2.75) is 27.2 Å². The van der Waals surface area contributed by atoms with Crippen LogP contribution in [0.2, 0.25) is 0 Å². The fraction of sp³-hybridized carbons (Fsp3) is 0.364. The number of benzene rings is 2. The van der Waals surface area contributed by atoms with Gasteiger partial charge in [0.1, 0.15) is 0 Å². The van der Waals surface area contributed by atoms with Gasteiger partial charge >= 0.3 is 0 Å². The quantitative estimate of drug-likeness (QED) is 0.751. The lowest BCUT2D eigenvalue weighted by Crippen LogP contribution is -2.35. The summed E-state index contributed by atoms with van der Waals surface area (Å²) >= 11 is 0. The monoisotopic (exact) mass is 384 g/mol. The molecule has 0 aliphatic carbocycles. The number of hydrogen-bond acceptors (Lipinski definition) is 4. The van der Waals surface area contributed by atoms with Crippen LogP contribution in [0.5, 0.6) is 11.5 Å². The minimum atomic E-state index is -0.267. The second-order valence-corrected chi connectivity index (χ2v) is 6.69. The van der Waals surface area contributed by atoms with Crippen molar-refractivity contribution in [3.05, 3.63) is 53.1 Å². The Hall–Kier alpha value is -3.02. The third kappa shape index (κ3) is 5.25. The summed E-state index contributed by atoms with van der Waals surface area (Å²) in [6, 6.07) is 10.8. The number of methoxy groups -OCH3 is 1. The Balaban J connectivity index is 2.06. The second kappa shape index (κ2) is 9.78. The summed E-state index contributed by atoms with van der Waals surface area (Å²) in [5, 5.41) is 2.89. The SMILES string of the molecule is CCCOc1ccc(C(=O)N(C)CC(=O)Nc2c(C)cccc2C)cc1OC. The van der Waals surface area contributed by atoms with Crippen LogP contribution in [0.3, 0.4) is 0 Å². The summed E-state index contributed by atoms with van der Waals surface area (Å²) in [5.41, 5.74) is 3.18. The zero-order chi connectivity index (χ0) is 20.7. The molecule has 2 aromatic rings. The number of likely N-dealkylation sites (N-methyl/N-ethyl adjacent to an activating group) is 1. The molecule has 0 spiro atoms. The van der Waals surface area contributed by atoms with Crippen LogP contribution in [0.4, 0.5) is 5.69 Å². The second-order valence-electron chi connectivity index (χ2n) is 6.69. The third-order valence-electron chi connectivity index (χ3n) is 4.35. The van der Waals surface area contributed by atoms with Crippen molar-refractivity contribution in [2.24, 2.45) is 0 Å². The Kier molecular flexibility index (Phi) is 7.44. The van der Waals surface area contributed by atoms with Crippen molar-refractivity contribution in [1.82, 2.24) is 4.90 Å². The van der Waals surface area contributed by atoms with Crippen molar-refractivity contribution < 1.29 is 19.1 Å². The molecular formula is C22H28N2O4. The van der Waals surface area contributed by atoms with Gasteiger partial charge in [0, 0.05) is 18.3 Å². The van der Waals surface area contributed by atoms with Gasteiger partial charge in [0.2, 0.25) is 5.91 Å². The fourth-order valence-corrected chi connectivity index (χ4v) is 2.83. The number of carbonyl (C=O) groups excluding carboxylic acids is 2. The zero-order valence-electron chi connectivity index (χ0n) is 17.2. The average molecular weight is 384 g/mol. The Bertz CT molecular complexity index is 828. The number of anilines is 1. The highest BCUT2D eigenvalue weighted by Crippen LogP contribution is 2.28. The van der Waals surface area contributed by atoms with Crippen molar-refractivity contribution in [3.8, 4) is 11.5 Å². The van der Waals surface area contributed by atoms with Crippen LogP contribution in [0, 0.1) is 13.8 Å². The number of ether oxygens (including phenoxy) is 2. The lowest BCUT2D eigenvalue weighted by atomic mass is 10.1. The van der Waals surface area contributed by atoms with Gasteiger partial charge in [-0.3, -0.25) is 9.59 Å². The van der Waals surface area contributed by atoms with Gasteiger partial charge in [-0.1, -0.05) is 25.1 Å². The molecule has 28 heavy (non-hydrogen) atoms. The van der Waals surface area contributed by atoms with Crippen LogP contribution in [0.25, 0.3) is 0 Å². The molecule has 6 heteroatoms. The third-order valence-corrected chi connectivity index (χ3v) is 4.35. The van der Waals surface area contributed by atoms with Crippen LogP contribution in [-0.2, 0) is 4.79 Å². The molecule has 0 aliphatic rings. The molecule has 2 amide bonds. The van der Waals surface area contributed by atoms with Crippen molar-refractivity contribution in [3.63, 3.8) is 0 Å². The van der Waals surface area contributed by atoms with Crippen LogP contribution in [-0.4, -0.2) is 44.0 Å². The maximum atomic E-state index is 12.7. The molecule has 0 radical (unpaired) electrons. The van der Waals surface area contributed by atoms with Crippen molar-refractivity contribution in [1.29, 1.82) is 0 Å². The molecule has 0 bridgehead atoms. The Labute approximate surface area is 166 Å². The van der Waals surface area contributed by atoms with Crippen LogP contribution >= 0.6 is 0 Å². The smallest absolute Gasteiger partial charge is 0.254 e. The first-order valence-corrected chi connectivity index (χ1v) is 9.29. The lowest BCUT2D eigenvalue weighted by molar-refractivity contribution is -0.116. The van der Waals surface area contributed by atoms with E-state index < -0.39 is 0 Å². The number of aryl methyl sites for hydroxylation is 2. The molecule has 0 heterocycles. The van der Waals surface area contributed by atoms with Gasteiger partial charge in [0.05, 0.1) is 20.3 Å². The number of amides is 2. The molecule has 0 atom stereocenters. The molecule has 6 nitrogen and oxygen atoms in total. The van der Waals surface area contributed by atoms with E-state index in [9.17, 15) is 9.59 Å². The molecule has 0 aliphatic heterocycles. The molecule has 2 rings (SSSR count). The number of nitrogens with zero attached hydrogens (tertiary/aromatic N) is 1. The molecular weight excluding hydrogens is 356 g/mol. The summed E-state index contributed by atoms with van der Waals surface area (Å²) in [6.07, 6.45) is 0.877. The Morgan fingerprint density at radius 1 is 1.07 bits per heavy atom. The fourth-order valence-electron chi connectivity index (χ4n) is 2.83. The number of rotatable bonds is 8. The lowest BCUT2D eigenvalue weighted by Gasteiger charge is -2.19. The minimum absolute atomic E-state index is 0.0526. The maximum Gasteiger partial charge on any atom is 0.254 e. The van der Waals surface area contributed by atoms with Crippen LogP contribution in [0.1, 0.15) is 34.8 Å². The van der Waals surface area contributed by atoms with E-state index >= 15 is 0 Å². The molecule has 150 valence electrons. The highest BCUT2D eigenvalue weighted by atomic mass is 16.5. The summed E-state index contributed by atoms with van der Waals surface area (Å²) in [7, 11) is 3.13. The van der Waals surface area contributed by atoms with Crippen LogP contribution < -0.4 is 14.8 Å². The van der Waals surface area contributed by atoms with Crippen LogP contribution in [0.15, 0.2) is 36.4 Å². The van der Waals surface area contributed by atoms with Gasteiger partial charge < -0.3 is 19.7 Å². The van der Waals surface area contributed by atoms with E-state index in [1.165, 1.54) is 12.0 Å². The predicted octanol–water partition coefficient (Wildman–Crippen LogP) is 3.81. The first-order valence-electron chi connectivity index (χ1n) is 9.29. The Morgan fingerprint density at radius 3 is 2.36 bits per heavy atom. The van der Waals surface area contributed by atoms with Gasteiger partial charge in [-0.05, 0) is 49.6 Å².